The van der Waals surface area contributed by atoms with Gasteiger partial charge in [-0.2, -0.15) is 0 Å². The summed E-state index contributed by atoms with van der Waals surface area (Å²) >= 11 is 12.5. The molecule has 0 N–H and O–H groups in total. The molecule has 0 saturated heterocycles. The number of hydrogen-bond acceptors (Lipinski definition) is 4. The van der Waals surface area contributed by atoms with Crippen LogP contribution < -0.4 is 9.47 Å². The fraction of sp³-hybridized carbons (Fsp3) is 0.192. The van der Waals surface area contributed by atoms with Gasteiger partial charge in [0.15, 0.2) is 5.76 Å². The summed E-state index contributed by atoms with van der Waals surface area (Å²) in [5.74, 6) is 1.49. The summed E-state index contributed by atoms with van der Waals surface area (Å²) in [6.07, 6.45) is 2.52. The molecule has 3 aromatic rings. The molecule has 6 heteroatoms. The maximum atomic E-state index is 13.1. The fourth-order valence-electron chi connectivity index (χ4n) is 4.15. The molecule has 0 fully saturated rings. The Bertz CT molecular complexity index is 1250. The summed E-state index contributed by atoms with van der Waals surface area (Å²) in [4.78, 5) is 15.3. The van der Waals surface area contributed by atoms with E-state index in [0.717, 1.165) is 46.0 Å². The number of allylic oxidation sites excluding steroid dienone is 1. The van der Waals surface area contributed by atoms with Crippen molar-refractivity contribution in [2.75, 3.05) is 13.3 Å². The summed E-state index contributed by atoms with van der Waals surface area (Å²) in [7, 11) is 0. The average molecular weight is 466 g/mol. The van der Waals surface area contributed by atoms with E-state index in [1.807, 2.05) is 55.5 Å². The number of benzene rings is 3. The molecule has 0 spiro atoms. The molecular formula is C26H21Cl2NO3. The highest BCUT2D eigenvalue weighted by molar-refractivity contribution is 6.32. The third-order valence-electron chi connectivity index (χ3n) is 5.85. The Morgan fingerprint density at radius 1 is 1.03 bits per heavy atom. The number of hydrogen-bond donors (Lipinski definition) is 0. The van der Waals surface area contributed by atoms with Crippen LogP contribution in [-0.4, -0.2) is 24.0 Å². The smallest absolute Gasteiger partial charge is 0.231 e. The molecule has 3 aromatic carbocycles. The molecule has 2 aliphatic rings. The minimum absolute atomic E-state index is 0.140. The number of nitrogens with zero attached hydrogens (tertiary/aromatic N) is 1. The first kappa shape index (κ1) is 21.1. The van der Waals surface area contributed by atoms with Crippen LogP contribution in [0, 0.1) is 6.92 Å². The molecule has 5 rings (SSSR count). The fourth-order valence-corrected chi connectivity index (χ4v) is 4.57. The zero-order valence-electron chi connectivity index (χ0n) is 17.5. The summed E-state index contributed by atoms with van der Waals surface area (Å²) < 4.78 is 12.0. The van der Waals surface area contributed by atoms with Gasteiger partial charge in [-0.25, -0.2) is 0 Å². The number of carbonyl (C=O) groups is 1. The van der Waals surface area contributed by atoms with Crippen molar-refractivity contribution in [3.05, 3.63) is 98.2 Å². The molecule has 0 amide bonds. The Labute approximate surface area is 197 Å². The van der Waals surface area contributed by atoms with Gasteiger partial charge in [0, 0.05) is 34.3 Å². The molecule has 2 aliphatic heterocycles. The largest absolute Gasteiger partial charge is 0.477 e. The van der Waals surface area contributed by atoms with Crippen LogP contribution in [0.4, 0.5) is 0 Å². The predicted octanol–water partition coefficient (Wildman–Crippen LogP) is 6.31. The van der Waals surface area contributed by atoms with E-state index in [-0.39, 0.29) is 11.5 Å². The molecule has 2 heterocycles. The summed E-state index contributed by atoms with van der Waals surface area (Å²) in [5.41, 5.74) is 4.26. The van der Waals surface area contributed by atoms with Crippen molar-refractivity contribution < 1.29 is 14.3 Å². The topological polar surface area (TPSA) is 38.8 Å². The lowest BCUT2D eigenvalue weighted by molar-refractivity contribution is 0.0954. The second-order valence-electron chi connectivity index (χ2n) is 8.00. The van der Waals surface area contributed by atoms with Crippen molar-refractivity contribution in [1.29, 1.82) is 0 Å². The van der Waals surface area contributed by atoms with E-state index in [9.17, 15) is 4.79 Å². The summed E-state index contributed by atoms with van der Waals surface area (Å²) in [5, 5.41) is 1.35. The standard InChI is InChI=1S/C26H21Cl2NO3/c1-16-25-19(14-29(15-31-25)11-10-17-6-2-4-8-21(17)27)12-20-24(30)23(32-26(16)20)13-18-7-3-5-9-22(18)28/h2-9,12-13H,10-11,14-15H2,1H3/b23-13-. The predicted molar refractivity (Wildman–Crippen MR) is 127 cm³/mol. The Balaban J connectivity index is 1.38. The van der Waals surface area contributed by atoms with Gasteiger partial charge in [0.2, 0.25) is 5.78 Å². The van der Waals surface area contributed by atoms with Crippen LogP contribution in [0.3, 0.4) is 0 Å². The van der Waals surface area contributed by atoms with Crippen molar-refractivity contribution in [1.82, 2.24) is 4.90 Å². The van der Waals surface area contributed by atoms with Gasteiger partial charge < -0.3 is 9.47 Å². The number of rotatable bonds is 4. The van der Waals surface area contributed by atoms with Crippen LogP contribution in [0.1, 0.15) is 32.6 Å². The van der Waals surface area contributed by atoms with Crippen LogP contribution in [0.2, 0.25) is 10.0 Å². The van der Waals surface area contributed by atoms with Gasteiger partial charge in [0.25, 0.3) is 0 Å². The minimum Gasteiger partial charge on any atom is -0.477 e. The molecule has 0 saturated carbocycles. The highest BCUT2D eigenvalue weighted by atomic mass is 35.5. The van der Waals surface area contributed by atoms with Gasteiger partial charge in [0.1, 0.15) is 18.2 Å². The molecule has 0 aliphatic carbocycles. The third kappa shape index (κ3) is 3.90. The lowest BCUT2D eigenvalue weighted by Gasteiger charge is -2.30. The second-order valence-corrected chi connectivity index (χ2v) is 8.81. The van der Waals surface area contributed by atoms with Crippen LogP contribution in [0.25, 0.3) is 6.08 Å². The number of ketones is 1. The Kier molecular flexibility index (Phi) is 5.68. The Hall–Kier alpha value is -2.79. The second kappa shape index (κ2) is 8.62. The van der Waals surface area contributed by atoms with Crippen LogP contribution in [-0.2, 0) is 13.0 Å². The van der Waals surface area contributed by atoms with Crippen molar-refractivity contribution in [3.8, 4) is 11.5 Å². The zero-order chi connectivity index (χ0) is 22.2. The SMILES string of the molecule is Cc1c2c(cc3c1O/C(=C\c1ccccc1Cl)C3=O)CN(CCc1ccccc1Cl)CO2. The first-order chi connectivity index (χ1) is 15.5. The van der Waals surface area contributed by atoms with E-state index in [0.29, 0.717) is 29.6 Å². The highest BCUT2D eigenvalue weighted by Crippen LogP contribution is 2.43. The first-order valence-corrected chi connectivity index (χ1v) is 11.2. The molecule has 0 unspecified atom stereocenters. The molecule has 0 bridgehead atoms. The first-order valence-electron chi connectivity index (χ1n) is 10.4. The molecule has 4 nitrogen and oxygen atoms in total. The van der Waals surface area contributed by atoms with E-state index in [2.05, 4.69) is 4.90 Å². The minimum atomic E-state index is -0.140. The van der Waals surface area contributed by atoms with Crippen LogP contribution in [0.15, 0.2) is 60.4 Å². The van der Waals surface area contributed by atoms with Gasteiger partial charge in [-0.1, -0.05) is 59.6 Å². The molecule has 0 aromatic heterocycles. The number of carbonyl (C=O) groups excluding carboxylic acids is 1. The Morgan fingerprint density at radius 2 is 1.78 bits per heavy atom. The lowest BCUT2D eigenvalue weighted by atomic mass is 10.00. The van der Waals surface area contributed by atoms with Gasteiger partial charge in [-0.3, -0.25) is 9.69 Å². The van der Waals surface area contributed by atoms with Gasteiger partial charge in [-0.15, -0.1) is 0 Å². The zero-order valence-corrected chi connectivity index (χ0v) is 19.0. The van der Waals surface area contributed by atoms with Gasteiger partial charge in [-0.05, 0) is 48.7 Å². The van der Waals surface area contributed by atoms with Crippen LogP contribution >= 0.6 is 23.2 Å². The lowest BCUT2D eigenvalue weighted by Crippen LogP contribution is -2.34. The van der Waals surface area contributed by atoms with E-state index in [1.165, 1.54) is 0 Å². The summed E-state index contributed by atoms with van der Waals surface area (Å²) in [6.45, 7) is 3.92. The van der Waals surface area contributed by atoms with Crippen molar-refractivity contribution in [3.63, 3.8) is 0 Å². The number of ether oxygens (including phenoxy) is 2. The number of fused-ring (bicyclic) bond motifs is 2. The Morgan fingerprint density at radius 3 is 2.56 bits per heavy atom. The normalized spacial score (nSPS) is 16.5. The van der Waals surface area contributed by atoms with E-state index in [1.54, 1.807) is 12.1 Å². The van der Waals surface area contributed by atoms with Crippen molar-refractivity contribution in [2.24, 2.45) is 0 Å². The average Bonchev–Trinajstić information content (AvgIpc) is 3.10. The van der Waals surface area contributed by atoms with Crippen molar-refractivity contribution in [2.45, 2.75) is 19.9 Å². The molecule has 0 atom stereocenters. The van der Waals surface area contributed by atoms with Crippen molar-refractivity contribution >= 4 is 35.1 Å². The van der Waals surface area contributed by atoms with E-state index < -0.39 is 0 Å². The number of halogens is 2. The maximum absolute atomic E-state index is 13.1. The van der Waals surface area contributed by atoms with E-state index in [4.69, 9.17) is 32.7 Å². The molecule has 0 radical (unpaired) electrons. The summed E-state index contributed by atoms with van der Waals surface area (Å²) in [6, 6.07) is 17.1. The monoisotopic (exact) mass is 465 g/mol. The van der Waals surface area contributed by atoms with Gasteiger partial charge in [0.05, 0.1) is 5.56 Å². The quantitative estimate of drug-likeness (QED) is 0.423. The molecular weight excluding hydrogens is 445 g/mol. The molecule has 32 heavy (non-hydrogen) atoms. The molecule has 162 valence electrons. The highest BCUT2D eigenvalue weighted by Gasteiger charge is 2.33. The third-order valence-corrected chi connectivity index (χ3v) is 6.56. The van der Waals surface area contributed by atoms with Crippen LogP contribution in [0.5, 0.6) is 11.5 Å². The van der Waals surface area contributed by atoms with Gasteiger partial charge >= 0.3 is 0 Å². The maximum Gasteiger partial charge on any atom is 0.231 e. The number of Topliss-reactive ketones (excluding diaryl/α,β-unsaturated/α-hetero) is 1. The van der Waals surface area contributed by atoms with E-state index >= 15 is 0 Å².